The summed E-state index contributed by atoms with van der Waals surface area (Å²) in [5.41, 5.74) is 15.4. The van der Waals surface area contributed by atoms with Crippen LogP contribution in [0.5, 0.6) is 0 Å². The lowest BCUT2D eigenvalue weighted by Gasteiger charge is -2.34. The van der Waals surface area contributed by atoms with Crippen LogP contribution in [0.2, 0.25) is 5.02 Å². The SMILES string of the molecule is Nc1c2c([nH+]c3cc(Cl)ccc13)CC1C=C(CCCC[n+]3cc(CCn4ccc5ccccc54)n[nH]3)CC2C1. The molecule has 4 N–H and O–H groups in total. The molecule has 6 nitrogen and oxygen atoms in total. The molecular formula is C32H35ClN6+2. The minimum atomic E-state index is 0.511. The van der Waals surface area contributed by atoms with Crippen molar-refractivity contribution in [2.75, 3.05) is 5.73 Å². The molecule has 7 heteroatoms. The quantitative estimate of drug-likeness (QED) is 0.146. The van der Waals surface area contributed by atoms with E-state index < -0.39 is 0 Å². The monoisotopic (exact) mass is 538 g/mol. The van der Waals surface area contributed by atoms with Gasteiger partial charge in [-0.05, 0) is 73.6 Å². The van der Waals surface area contributed by atoms with Gasteiger partial charge in [-0.25, -0.2) is 4.98 Å². The number of fused-ring (bicyclic) bond motifs is 6. The Bertz CT molecular complexity index is 1700. The number of aromatic amines is 2. The smallest absolute Gasteiger partial charge is 0.220 e. The molecule has 2 aliphatic carbocycles. The average Bonchev–Trinajstić information content (AvgIpc) is 3.56. The fourth-order valence-electron chi connectivity index (χ4n) is 6.87. The number of aryl methyl sites for hydroxylation is 3. The zero-order valence-electron chi connectivity index (χ0n) is 22.2. The standard InChI is InChI=1S/C32H33ClN6/c33-25-8-9-27-28(19-25)35-29-18-22-15-21(16-24(17-22)31(29)32(27)34)5-3-4-12-39-20-26(36-37-39)11-14-38-13-10-23-6-1-2-7-30(23)38/h1-2,6-10,13,15,19-20,22,24H,3-5,11-12,14,16-18H2,(H2,34,35)/p+2. The number of para-hydroxylation sites is 1. The molecule has 2 aliphatic rings. The predicted molar refractivity (Wildman–Crippen MR) is 155 cm³/mol. The van der Waals surface area contributed by atoms with Crippen molar-refractivity contribution in [2.45, 2.75) is 64.0 Å². The maximum Gasteiger partial charge on any atom is 0.220 e. The van der Waals surface area contributed by atoms with E-state index in [9.17, 15) is 0 Å². The van der Waals surface area contributed by atoms with E-state index in [0.717, 1.165) is 72.5 Å². The first-order valence-corrected chi connectivity index (χ1v) is 14.6. The second-order valence-corrected chi connectivity index (χ2v) is 11.8. The van der Waals surface area contributed by atoms with Gasteiger partial charge in [-0.3, -0.25) is 0 Å². The van der Waals surface area contributed by atoms with Crippen molar-refractivity contribution in [2.24, 2.45) is 5.92 Å². The summed E-state index contributed by atoms with van der Waals surface area (Å²) in [5, 5.41) is 10.9. The summed E-state index contributed by atoms with van der Waals surface area (Å²) in [5.74, 6) is 1.11. The summed E-state index contributed by atoms with van der Waals surface area (Å²) in [6.45, 7) is 1.91. The number of aromatic nitrogens is 5. The number of H-pyrrole nitrogens is 2. The fraction of sp³-hybridized carbons (Fsp3) is 0.344. The Kier molecular flexibility index (Phi) is 6.36. The number of allylic oxidation sites excluding steroid dienone is 2. The third-order valence-electron chi connectivity index (χ3n) is 8.68. The van der Waals surface area contributed by atoms with Crippen LogP contribution in [0, 0.1) is 5.92 Å². The number of nitrogens with zero attached hydrogens (tertiary/aromatic N) is 3. The van der Waals surface area contributed by atoms with Gasteiger partial charge in [0.25, 0.3) is 0 Å². The highest BCUT2D eigenvalue weighted by molar-refractivity contribution is 6.31. The summed E-state index contributed by atoms with van der Waals surface area (Å²) in [6.07, 6.45) is 14.7. The maximum atomic E-state index is 6.74. The third-order valence-corrected chi connectivity index (χ3v) is 8.91. The number of nitrogens with two attached hydrogens (primary N) is 1. The van der Waals surface area contributed by atoms with Crippen LogP contribution < -0.4 is 15.4 Å². The van der Waals surface area contributed by atoms with Crippen molar-refractivity contribution in [1.82, 2.24) is 14.9 Å². The van der Waals surface area contributed by atoms with Gasteiger partial charge in [-0.1, -0.05) is 46.7 Å². The number of pyridine rings is 1. The van der Waals surface area contributed by atoms with Gasteiger partial charge in [0.05, 0.1) is 11.1 Å². The predicted octanol–water partition coefficient (Wildman–Crippen LogP) is 5.94. The number of anilines is 1. The molecule has 0 saturated carbocycles. The van der Waals surface area contributed by atoms with Crippen molar-refractivity contribution < 1.29 is 9.67 Å². The Morgan fingerprint density at radius 3 is 2.97 bits per heavy atom. The van der Waals surface area contributed by atoms with Crippen LogP contribution in [0.1, 0.15) is 55.0 Å². The molecule has 3 heterocycles. The number of rotatable bonds is 8. The number of nitrogen functional groups attached to an aromatic ring is 1. The molecule has 3 aromatic heterocycles. The Labute approximate surface area is 233 Å². The largest absolute Gasteiger partial charge is 0.398 e. The van der Waals surface area contributed by atoms with E-state index in [1.54, 1.807) is 5.57 Å². The lowest BCUT2D eigenvalue weighted by Crippen LogP contribution is -2.35. The first kappa shape index (κ1) is 24.4. The van der Waals surface area contributed by atoms with Gasteiger partial charge in [0.2, 0.25) is 11.2 Å². The van der Waals surface area contributed by atoms with Crippen LogP contribution in [0.4, 0.5) is 5.69 Å². The molecule has 198 valence electrons. The van der Waals surface area contributed by atoms with Crippen LogP contribution >= 0.6 is 11.6 Å². The maximum absolute atomic E-state index is 6.74. The van der Waals surface area contributed by atoms with Crippen LogP contribution in [0.3, 0.4) is 0 Å². The molecule has 2 bridgehead atoms. The molecule has 2 unspecified atom stereocenters. The third kappa shape index (κ3) is 4.82. The highest BCUT2D eigenvalue weighted by atomic mass is 35.5. The van der Waals surface area contributed by atoms with Gasteiger partial charge in [0.1, 0.15) is 6.54 Å². The van der Waals surface area contributed by atoms with Gasteiger partial charge >= 0.3 is 0 Å². The molecule has 39 heavy (non-hydrogen) atoms. The van der Waals surface area contributed by atoms with Crippen molar-refractivity contribution in [3.8, 4) is 0 Å². The molecular weight excluding hydrogens is 504 g/mol. The van der Waals surface area contributed by atoms with E-state index in [4.69, 9.17) is 17.3 Å². The first-order chi connectivity index (χ1) is 19.1. The Morgan fingerprint density at radius 1 is 1.10 bits per heavy atom. The zero-order valence-corrected chi connectivity index (χ0v) is 22.9. The van der Waals surface area contributed by atoms with E-state index >= 15 is 0 Å². The number of hydrogen-bond acceptors (Lipinski definition) is 2. The number of halogens is 1. The normalized spacial score (nSPS) is 18.4. The fourth-order valence-corrected chi connectivity index (χ4v) is 7.04. The minimum Gasteiger partial charge on any atom is -0.398 e. The lowest BCUT2D eigenvalue weighted by atomic mass is 9.70. The summed E-state index contributed by atoms with van der Waals surface area (Å²) < 4.78 is 4.45. The van der Waals surface area contributed by atoms with Gasteiger partial charge in [0.15, 0.2) is 11.9 Å². The summed E-state index contributed by atoms with van der Waals surface area (Å²) in [7, 11) is 0. The molecule has 0 saturated heterocycles. The first-order valence-electron chi connectivity index (χ1n) is 14.2. The minimum absolute atomic E-state index is 0.511. The van der Waals surface area contributed by atoms with Gasteiger partial charge < -0.3 is 10.3 Å². The van der Waals surface area contributed by atoms with Crippen molar-refractivity contribution in [3.05, 3.63) is 94.5 Å². The molecule has 2 aromatic carbocycles. The molecule has 7 rings (SSSR count). The molecule has 5 aromatic rings. The summed E-state index contributed by atoms with van der Waals surface area (Å²) in [6, 6.07) is 16.7. The van der Waals surface area contributed by atoms with Crippen molar-refractivity contribution in [3.63, 3.8) is 0 Å². The van der Waals surface area contributed by atoms with E-state index in [0.29, 0.717) is 11.8 Å². The Balaban J connectivity index is 0.932. The highest BCUT2D eigenvalue weighted by Crippen LogP contribution is 2.46. The van der Waals surface area contributed by atoms with E-state index in [1.165, 1.54) is 35.0 Å². The second kappa shape index (κ2) is 10.2. The molecule has 2 atom stereocenters. The van der Waals surface area contributed by atoms with Crippen LogP contribution in [0.15, 0.2) is 72.6 Å². The van der Waals surface area contributed by atoms with Gasteiger partial charge in [-0.2, -0.15) is 4.68 Å². The van der Waals surface area contributed by atoms with Crippen molar-refractivity contribution in [1.29, 1.82) is 0 Å². The van der Waals surface area contributed by atoms with E-state index in [-0.39, 0.29) is 0 Å². The number of hydrogen-bond donors (Lipinski definition) is 2. The Hall–Kier alpha value is -3.64. The van der Waals surface area contributed by atoms with Crippen molar-refractivity contribution >= 4 is 39.1 Å². The van der Waals surface area contributed by atoms with Crippen LogP contribution in [0.25, 0.3) is 21.8 Å². The molecule has 0 aliphatic heterocycles. The van der Waals surface area contributed by atoms with Crippen LogP contribution in [-0.2, 0) is 25.9 Å². The van der Waals surface area contributed by atoms with E-state index in [2.05, 4.69) is 79.4 Å². The number of nitrogens with one attached hydrogen (secondary N) is 2. The second-order valence-electron chi connectivity index (χ2n) is 11.3. The molecule has 0 amide bonds. The van der Waals surface area contributed by atoms with Crippen LogP contribution in [-0.4, -0.2) is 14.9 Å². The number of unbranched alkanes of at least 4 members (excludes halogenated alkanes) is 1. The molecule has 0 fully saturated rings. The van der Waals surface area contributed by atoms with Gasteiger partial charge in [-0.15, -0.1) is 0 Å². The Morgan fingerprint density at radius 2 is 2.03 bits per heavy atom. The topological polar surface area (TPSA) is 77.7 Å². The average molecular weight is 539 g/mol. The van der Waals surface area contributed by atoms with Gasteiger partial charge in [0, 0.05) is 52.9 Å². The molecule has 0 radical (unpaired) electrons. The summed E-state index contributed by atoms with van der Waals surface area (Å²) >= 11 is 6.24. The summed E-state index contributed by atoms with van der Waals surface area (Å²) in [4.78, 5) is 3.66. The lowest BCUT2D eigenvalue weighted by molar-refractivity contribution is -0.754. The zero-order chi connectivity index (χ0) is 26.3. The van der Waals surface area contributed by atoms with E-state index in [1.807, 2.05) is 12.1 Å². The number of benzene rings is 2. The highest BCUT2D eigenvalue weighted by Gasteiger charge is 2.36. The molecule has 0 spiro atoms.